The zero-order chi connectivity index (χ0) is 16.4. The second-order valence-electron chi connectivity index (χ2n) is 5.11. The molecule has 0 nitrogen and oxygen atoms in total. The third-order valence-electron chi connectivity index (χ3n) is 3.75. The highest BCUT2D eigenvalue weighted by Gasteiger charge is 2.36. The summed E-state index contributed by atoms with van der Waals surface area (Å²) >= 11 is 26.0. The smallest absolute Gasteiger partial charge is 0.103 e. The second-order valence-corrected chi connectivity index (χ2v) is 6.84. The molecule has 0 unspecified atom stereocenters. The van der Waals surface area contributed by atoms with Crippen LogP contribution in [0.15, 0.2) is 72.8 Å². The minimum Gasteiger partial charge on any atom is -0.103 e. The van der Waals surface area contributed by atoms with Crippen LogP contribution in [0.4, 0.5) is 0 Å². The Hall–Kier alpha value is -1.18. The SMILES string of the molecule is Clc1ccc(C(Cl)(c2ccccc2)c2ccccc2)c(Cl)c1Cl. The first kappa shape index (κ1) is 16.7. The van der Waals surface area contributed by atoms with Gasteiger partial charge in [-0.3, -0.25) is 0 Å². The third-order valence-corrected chi connectivity index (χ3v) is 5.68. The van der Waals surface area contributed by atoms with Gasteiger partial charge in [-0.1, -0.05) is 102 Å². The molecule has 23 heavy (non-hydrogen) atoms. The van der Waals surface area contributed by atoms with Crippen molar-refractivity contribution < 1.29 is 0 Å². The van der Waals surface area contributed by atoms with Gasteiger partial charge in [-0.25, -0.2) is 0 Å². The fourth-order valence-electron chi connectivity index (χ4n) is 2.61. The molecule has 0 saturated carbocycles. The van der Waals surface area contributed by atoms with Crippen molar-refractivity contribution >= 4 is 46.4 Å². The highest BCUT2D eigenvalue weighted by molar-refractivity contribution is 6.48. The Morgan fingerprint density at radius 1 is 0.565 bits per heavy atom. The first-order valence-electron chi connectivity index (χ1n) is 6.99. The van der Waals surface area contributed by atoms with Crippen LogP contribution in [-0.2, 0) is 4.87 Å². The maximum atomic E-state index is 7.16. The average Bonchev–Trinajstić information content (AvgIpc) is 2.61. The fraction of sp³-hybridized carbons (Fsp3) is 0.0526. The summed E-state index contributed by atoms with van der Waals surface area (Å²) in [7, 11) is 0. The van der Waals surface area contributed by atoms with Gasteiger partial charge in [-0.15, -0.1) is 11.6 Å². The summed E-state index contributed by atoms with van der Waals surface area (Å²) in [4.78, 5) is -0.951. The zero-order valence-electron chi connectivity index (χ0n) is 11.9. The summed E-state index contributed by atoms with van der Waals surface area (Å²) in [6.07, 6.45) is 0. The molecular weight excluding hydrogens is 370 g/mol. The summed E-state index contributed by atoms with van der Waals surface area (Å²) < 4.78 is 0. The van der Waals surface area contributed by atoms with E-state index in [9.17, 15) is 0 Å². The molecule has 0 fully saturated rings. The molecule has 0 heterocycles. The van der Waals surface area contributed by atoms with E-state index in [0.29, 0.717) is 20.6 Å². The van der Waals surface area contributed by atoms with Crippen molar-refractivity contribution in [2.24, 2.45) is 0 Å². The standard InChI is InChI=1S/C19H12Cl4/c20-16-12-11-15(17(21)18(16)22)19(23,13-7-3-1-4-8-13)14-9-5-2-6-10-14/h1-12H. The van der Waals surface area contributed by atoms with Crippen molar-refractivity contribution in [3.05, 3.63) is 105 Å². The monoisotopic (exact) mass is 380 g/mol. The molecule has 3 aromatic carbocycles. The molecule has 0 spiro atoms. The van der Waals surface area contributed by atoms with Gasteiger partial charge in [0, 0.05) is 5.56 Å². The van der Waals surface area contributed by atoms with Crippen molar-refractivity contribution in [2.75, 3.05) is 0 Å². The van der Waals surface area contributed by atoms with Crippen molar-refractivity contribution in [3.8, 4) is 0 Å². The van der Waals surface area contributed by atoms with Gasteiger partial charge in [0.15, 0.2) is 0 Å². The van der Waals surface area contributed by atoms with E-state index >= 15 is 0 Å². The zero-order valence-corrected chi connectivity index (χ0v) is 15.0. The number of halogens is 4. The summed E-state index contributed by atoms with van der Waals surface area (Å²) in [5, 5.41) is 1.07. The highest BCUT2D eigenvalue weighted by Crippen LogP contribution is 2.48. The van der Waals surface area contributed by atoms with Gasteiger partial charge in [-0.2, -0.15) is 0 Å². The molecule has 0 aliphatic carbocycles. The van der Waals surface area contributed by atoms with Crippen LogP contribution in [0.1, 0.15) is 16.7 Å². The van der Waals surface area contributed by atoms with Crippen LogP contribution in [0.3, 0.4) is 0 Å². The van der Waals surface area contributed by atoms with Crippen LogP contribution in [0.25, 0.3) is 0 Å². The second kappa shape index (κ2) is 6.75. The fourth-order valence-corrected chi connectivity index (χ4v) is 3.74. The molecule has 4 heteroatoms. The molecule has 0 saturated heterocycles. The molecule has 0 amide bonds. The molecular formula is C19H12Cl4. The van der Waals surface area contributed by atoms with Crippen LogP contribution < -0.4 is 0 Å². The van der Waals surface area contributed by atoms with E-state index in [4.69, 9.17) is 46.4 Å². The lowest BCUT2D eigenvalue weighted by molar-refractivity contribution is 0.880. The summed E-state index contributed by atoms with van der Waals surface area (Å²) in [5.41, 5.74) is 2.52. The molecule has 0 bridgehead atoms. The molecule has 0 N–H and O–H groups in total. The molecule has 3 aromatic rings. The van der Waals surface area contributed by atoms with Crippen molar-refractivity contribution in [1.82, 2.24) is 0 Å². The van der Waals surface area contributed by atoms with Gasteiger partial charge < -0.3 is 0 Å². The van der Waals surface area contributed by atoms with Crippen LogP contribution in [0, 0.1) is 0 Å². The van der Waals surface area contributed by atoms with Gasteiger partial charge in [0.25, 0.3) is 0 Å². The van der Waals surface area contributed by atoms with E-state index in [2.05, 4.69) is 0 Å². The van der Waals surface area contributed by atoms with E-state index in [1.54, 1.807) is 6.07 Å². The van der Waals surface area contributed by atoms with Crippen molar-refractivity contribution in [1.29, 1.82) is 0 Å². The van der Waals surface area contributed by atoms with E-state index in [0.717, 1.165) is 11.1 Å². The molecule has 116 valence electrons. The van der Waals surface area contributed by atoms with E-state index in [1.807, 2.05) is 66.7 Å². The number of rotatable bonds is 3. The maximum Gasteiger partial charge on any atom is 0.121 e. The van der Waals surface area contributed by atoms with Gasteiger partial charge in [0.2, 0.25) is 0 Å². The summed E-state index contributed by atoms with van der Waals surface area (Å²) in [6, 6.07) is 23.1. The topological polar surface area (TPSA) is 0 Å². The quantitative estimate of drug-likeness (QED) is 0.256. The lowest BCUT2D eigenvalue weighted by atomic mass is 9.84. The van der Waals surface area contributed by atoms with Crippen molar-refractivity contribution in [3.63, 3.8) is 0 Å². The summed E-state index contributed by atoms with van der Waals surface area (Å²) in [6.45, 7) is 0. The van der Waals surface area contributed by atoms with Crippen LogP contribution in [0.2, 0.25) is 15.1 Å². The summed E-state index contributed by atoms with van der Waals surface area (Å²) in [5.74, 6) is 0. The predicted octanol–water partition coefficient (Wildman–Crippen LogP) is 7.18. The number of hydrogen-bond donors (Lipinski definition) is 0. The van der Waals surface area contributed by atoms with E-state index in [1.165, 1.54) is 0 Å². The minimum absolute atomic E-state index is 0.308. The normalized spacial score (nSPS) is 11.5. The van der Waals surface area contributed by atoms with Crippen molar-refractivity contribution in [2.45, 2.75) is 4.87 Å². The Bertz CT molecular complexity index is 774. The van der Waals surface area contributed by atoms with Crippen LogP contribution in [-0.4, -0.2) is 0 Å². The largest absolute Gasteiger partial charge is 0.121 e. The lowest BCUT2D eigenvalue weighted by Crippen LogP contribution is -2.22. The lowest BCUT2D eigenvalue weighted by Gasteiger charge is -2.30. The minimum atomic E-state index is -0.951. The molecule has 0 aromatic heterocycles. The van der Waals surface area contributed by atoms with Gasteiger partial charge >= 0.3 is 0 Å². The first-order valence-corrected chi connectivity index (χ1v) is 8.50. The number of hydrogen-bond acceptors (Lipinski definition) is 0. The van der Waals surface area contributed by atoms with E-state index < -0.39 is 4.87 Å². The third kappa shape index (κ3) is 2.97. The predicted molar refractivity (Wildman–Crippen MR) is 100 cm³/mol. The Kier molecular flexibility index (Phi) is 4.89. The number of benzene rings is 3. The Balaban J connectivity index is 2.32. The molecule has 0 aliphatic rings. The Morgan fingerprint density at radius 2 is 1.04 bits per heavy atom. The Labute approximate surface area is 155 Å². The first-order chi connectivity index (χ1) is 11.0. The van der Waals surface area contributed by atoms with Crippen LogP contribution >= 0.6 is 46.4 Å². The maximum absolute atomic E-state index is 7.16. The Morgan fingerprint density at radius 3 is 1.52 bits per heavy atom. The van der Waals surface area contributed by atoms with Gasteiger partial charge in [-0.05, 0) is 17.2 Å². The highest BCUT2D eigenvalue weighted by atomic mass is 35.5. The van der Waals surface area contributed by atoms with Gasteiger partial charge in [0.05, 0.1) is 15.1 Å². The number of alkyl halides is 1. The van der Waals surface area contributed by atoms with Gasteiger partial charge in [0.1, 0.15) is 4.87 Å². The molecule has 3 rings (SSSR count). The van der Waals surface area contributed by atoms with Crippen LogP contribution in [0.5, 0.6) is 0 Å². The average molecular weight is 382 g/mol. The molecule has 0 atom stereocenters. The van der Waals surface area contributed by atoms with E-state index in [-0.39, 0.29) is 0 Å². The molecule has 0 aliphatic heterocycles. The molecule has 0 radical (unpaired) electrons.